The highest BCUT2D eigenvalue weighted by molar-refractivity contribution is 7.89. The Morgan fingerprint density at radius 2 is 2.00 bits per heavy atom. The number of carboxylic acid groups (broad SMARTS) is 1. The summed E-state index contributed by atoms with van der Waals surface area (Å²) in [5, 5.41) is 12.3. The highest BCUT2D eigenvalue weighted by Crippen LogP contribution is 2.14. The van der Waals surface area contributed by atoms with Gasteiger partial charge in [-0.1, -0.05) is 6.92 Å². The van der Waals surface area contributed by atoms with Crippen molar-refractivity contribution in [3.05, 3.63) is 12.4 Å². The van der Waals surface area contributed by atoms with Crippen molar-refractivity contribution >= 4 is 21.9 Å². The lowest BCUT2D eigenvalue weighted by atomic mass is 10.5. The molecule has 0 saturated carbocycles. The van der Waals surface area contributed by atoms with Gasteiger partial charge in [-0.15, -0.1) is 0 Å². The van der Waals surface area contributed by atoms with E-state index in [-0.39, 0.29) is 23.9 Å². The van der Waals surface area contributed by atoms with Crippen LogP contribution in [0.2, 0.25) is 0 Å². The molecule has 0 fully saturated rings. The number of aromatic nitrogens is 2. The van der Waals surface area contributed by atoms with Crippen LogP contribution in [0.15, 0.2) is 17.3 Å². The Kier molecular flexibility index (Phi) is 5.44. The Bertz CT molecular complexity index is 622. The number of hydrogen-bond acceptors (Lipinski definition) is 5. The number of carboxylic acids is 1. The number of aliphatic carboxylic acids is 1. The quantitative estimate of drug-likeness (QED) is 0.695. The van der Waals surface area contributed by atoms with Gasteiger partial charge in [0.05, 0.1) is 12.7 Å². The molecule has 0 unspecified atom stereocenters. The van der Waals surface area contributed by atoms with E-state index in [4.69, 9.17) is 5.11 Å². The second kappa shape index (κ2) is 6.68. The molecule has 118 valence electrons. The van der Waals surface area contributed by atoms with Crippen LogP contribution in [0.3, 0.4) is 0 Å². The smallest absolute Gasteiger partial charge is 0.325 e. The summed E-state index contributed by atoms with van der Waals surface area (Å²) in [7, 11) is -0.814. The van der Waals surface area contributed by atoms with Crippen molar-refractivity contribution in [1.29, 1.82) is 0 Å². The van der Waals surface area contributed by atoms with Crippen molar-refractivity contribution in [2.75, 3.05) is 27.2 Å². The van der Waals surface area contributed by atoms with E-state index in [0.29, 0.717) is 0 Å². The summed E-state index contributed by atoms with van der Waals surface area (Å²) in [6.07, 6.45) is 2.20. The summed E-state index contributed by atoms with van der Waals surface area (Å²) in [6.45, 7) is 1.02. The average molecular weight is 318 g/mol. The standard InChI is InChI=1S/C11H18N4O5S/c1-4-15(7-10(16)13(2)3)21(19,20)9-5-12-14(6-9)8-11(17)18/h5-6H,4,7-8H2,1-3H3,(H,17,18). The molecule has 1 rings (SSSR count). The second-order valence-corrected chi connectivity index (χ2v) is 6.42. The van der Waals surface area contributed by atoms with Gasteiger partial charge in [0.15, 0.2) is 0 Å². The third kappa shape index (κ3) is 4.26. The van der Waals surface area contributed by atoms with Crippen molar-refractivity contribution < 1.29 is 23.1 Å². The predicted octanol–water partition coefficient (Wildman–Crippen LogP) is -0.933. The number of rotatable bonds is 7. The number of hydrogen-bond donors (Lipinski definition) is 1. The molecule has 0 aliphatic heterocycles. The predicted molar refractivity (Wildman–Crippen MR) is 73.0 cm³/mol. The van der Waals surface area contributed by atoms with Crippen LogP contribution in [-0.4, -0.2) is 71.6 Å². The number of likely N-dealkylation sites (N-methyl/N-ethyl adjacent to an activating group) is 2. The van der Waals surface area contributed by atoms with Gasteiger partial charge in [0.1, 0.15) is 11.4 Å². The van der Waals surface area contributed by atoms with Gasteiger partial charge in [-0.3, -0.25) is 14.3 Å². The molecule has 0 bridgehead atoms. The van der Waals surface area contributed by atoms with Crippen LogP contribution in [0.5, 0.6) is 0 Å². The monoisotopic (exact) mass is 318 g/mol. The maximum Gasteiger partial charge on any atom is 0.325 e. The Labute approximate surface area is 122 Å². The zero-order valence-corrected chi connectivity index (χ0v) is 12.9. The molecule has 1 heterocycles. The fourth-order valence-electron chi connectivity index (χ4n) is 1.51. The van der Waals surface area contributed by atoms with E-state index in [1.54, 1.807) is 6.92 Å². The molecular formula is C11H18N4O5S. The van der Waals surface area contributed by atoms with Gasteiger partial charge >= 0.3 is 5.97 Å². The number of carbonyl (C=O) groups excluding carboxylic acids is 1. The van der Waals surface area contributed by atoms with E-state index in [2.05, 4.69) is 5.10 Å². The van der Waals surface area contributed by atoms with Crippen LogP contribution in [0.1, 0.15) is 6.92 Å². The maximum absolute atomic E-state index is 12.4. The number of carbonyl (C=O) groups is 2. The van der Waals surface area contributed by atoms with Gasteiger partial charge in [-0.25, -0.2) is 8.42 Å². The fraction of sp³-hybridized carbons (Fsp3) is 0.545. The lowest BCUT2D eigenvalue weighted by Gasteiger charge is -2.20. The van der Waals surface area contributed by atoms with Crippen molar-refractivity contribution in [1.82, 2.24) is 19.0 Å². The Balaban J connectivity index is 2.99. The summed E-state index contributed by atoms with van der Waals surface area (Å²) in [4.78, 5) is 23.4. The summed E-state index contributed by atoms with van der Waals surface area (Å²) < 4.78 is 26.8. The van der Waals surface area contributed by atoms with Crippen molar-refractivity contribution in [2.45, 2.75) is 18.4 Å². The topological polar surface area (TPSA) is 113 Å². The molecule has 1 amide bonds. The first-order valence-corrected chi connectivity index (χ1v) is 7.57. The molecule has 21 heavy (non-hydrogen) atoms. The number of amides is 1. The maximum atomic E-state index is 12.4. The number of nitrogens with zero attached hydrogens (tertiary/aromatic N) is 4. The van der Waals surface area contributed by atoms with Crippen molar-refractivity contribution in [2.24, 2.45) is 0 Å². The van der Waals surface area contributed by atoms with Crippen LogP contribution >= 0.6 is 0 Å². The molecule has 10 heteroatoms. The molecule has 0 atom stereocenters. The summed E-state index contributed by atoms with van der Waals surface area (Å²) in [5.74, 6) is -1.48. The minimum absolute atomic E-state index is 0.117. The molecule has 1 aromatic rings. The average Bonchev–Trinajstić information content (AvgIpc) is 2.83. The first-order valence-electron chi connectivity index (χ1n) is 6.13. The zero-order valence-electron chi connectivity index (χ0n) is 12.1. The highest BCUT2D eigenvalue weighted by atomic mass is 32.2. The number of sulfonamides is 1. The molecule has 0 spiro atoms. The van der Waals surface area contributed by atoms with Gasteiger partial charge < -0.3 is 10.0 Å². The van der Waals surface area contributed by atoms with Crippen LogP contribution in [0.25, 0.3) is 0 Å². The Morgan fingerprint density at radius 3 is 2.48 bits per heavy atom. The van der Waals surface area contributed by atoms with E-state index < -0.39 is 22.5 Å². The van der Waals surface area contributed by atoms with E-state index >= 15 is 0 Å². The molecule has 0 aliphatic carbocycles. The van der Waals surface area contributed by atoms with Crippen LogP contribution in [-0.2, 0) is 26.2 Å². The van der Waals surface area contributed by atoms with E-state index in [1.165, 1.54) is 19.0 Å². The van der Waals surface area contributed by atoms with Crippen molar-refractivity contribution in [3.63, 3.8) is 0 Å². The molecule has 1 N–H and O–H groups in total. The van der Waals surface area contributed by atoms with E-state index in [9.17, 15) is 18.0 Å². The third-order valence-electron chi connectivity index (χ3n) is 2.71. The lowest BCUT2D eigenvalue weighted by molar-refractivity contribution is -0.138. The highest BCUT2D eigenvalue weighted by Gasteiger charge is 2.27. The Morgan fingerprint density at radius 1 is 1.38 bits per heavy atom. The van der Waals surface area contributed by atoms with Crippen LogP contribution < -0.4 is 0 Å². The largest absolute Gasteiger partial charge is 0.480 e. The lowest BCUT2D eigenvalue weighted by Crippen LogP contribution is -2.40. The molecular weight excluding hydrogens is 300 g/mol. The molecule has 0 radical (unpaired) electrons. The molecule has 9 nitrogen and oxygen atoms in total. The molecule has 0 aromatic carbocycles. The SMILES string of the molecule is CCN(CC(=O)N(C)C)S(=O)(=O)c1cnn(CC(=O)O)c1. The van der Waals surface area contributed by atoms with Crippen molar-refractivity contribution in [3.8, 4) is 0 Å². The summed E-state index contributed by atoms with van der Waals surface area (Å²) in [6, 6.07) is 0. The minimum Gasteiger partial charge on any atom is -0.480 e. The summed E-state index contributed by atoms with van der Waals surface area (Å²) in [5.41, 5.74) is 0. The zero-order chi connectivity index (χ0) is 16.2. The first kappa shape index (κ1) is 17.1. The van der Waals surface area contributed by atoms with Crippen LogP contribution in [0, 0.1) is 0 Å². The Hall–Kier alpha value is -1.94. The van der Waals surface area contributed by atoms with Gasteiger partial charge in [-0.05, 0) is 0 Å². The van der Waals surface area contributed by atoms with E-state index in [0.717, 1.165) is 21.4 Å². The molecule has 1 aromatic heterocycles. The second-order valence-electron chi connectivity index (χ2n) is 4.49. The minimum atomic E-state index is -3.89. The van der Waals surface area contributed by atoms with E-state index in [1.807, 2.05) is 0 Å². The molecule has 0 saturated heterocycles. The third-order valence-corrected chi connectivity index (χ3v) is 4.58. The van der Waals surface area contributed by atoms with Gasteiger partial charge in [0.2, 0.25) is 15.9 Å². The summed E-state index contributed by atoms with van der Waals surface area (Å²) >= 11 is 0. The molecule has 0 aliphatic rings. The van der Waals surface area contributed by atoms with Crippen LogP contribution in [0.4, 0.5) is 0 Å². The van der Waals surface area contributed by atoms with Gasteiger partial charge in [-0.2, -0.15) is 9.40 Å². The van der Waals surface area contributed by atoms with Gasteiger partial charge in [0.25, 0.3) is 0 Å². The first-order chi connectivity index (χ1) is 9.68. The fourth-order valence-corrected chi connectivity index (χ4v) is 2.86. The normalized spacial score (nSPS) is 11.6. The van der Waals surface area contributed by atoms with Gasteiger partial charge in [0, 0.05) is 26.8 Å².